The predicted molar refractivity (Wildman–Crippen MR) is 105 cm³/mol. The van der Waals surface area contributed by atoms with Crippen LogP contribution in [0.5, 0.6) is 0 Å². The molecule has 1 aromatic heterocycles. The Morgan fingerprint density at radius 1 is 0.969 bits per heavy atom. The second-order valence-electron chi connectivity index (χ2n) is 6.86. The maximum Gasteiger partial charge on any atom is 0.416 e. The van der Waals surface area contributed by atoms with E-state index in [0.717, 1.165) is 4.90 Å². The van der Waals surface area contributed by atoms with Gasteiger partial charge in [0.05, 0.1) is 11.1 Å². The summed E-state index contributed by atoms with van der Waals surface area (Å²) in [5, 5.41) is 9.71. The number of carbonyl (C=O) groups excluding carboxylic acids is 1. The average Bonchev–Trinajstić information content (AvgIpc) is 3.14. The number of carbonyl (C=O) groups is 1. The van der Waals surface area contributed by atoms with Gasteiger partial charge in [-0.15, -0.1) is 16.9 Å². The topological polar surface area (TPSA) is 68.0 Å². The zero-order chi connectivity index (χ0) is 23.7. The van der Waals surface area contributed by atoms with E-state index in [9.17, 15) is 31.1 Å². The minimum Gasteiger partial charge on any atom is -0.403 e. The molecule has 3 rings (SSSR count). The number of hydrogen-bond donors (Lipinski definition) is 1. The Balaban J connectivity index is 1.85. The van der Waals surface area contributed by atoms with Gasteiger partial charge in [0.25, 0.3) is 5.91 Å². The molecule has 0 aliphatic heterocycles. The molecule has 0 atom stereocenters. The smallest absolute Gasteiger partial charge is 0.403 e. The standard InChI is InChI=1S/C20H15F6N3O2S/c1-10(2)32-15-5-3-4-11(8-15)17-28-29-18(31-17)27-16(30)12-6-13(19(21,22)23)9-14(7-12)20(24,25)26/h3-10H,1-2H3,(H,27,29,30). The molecule has 0 bridgehead atoms. The number of thioether (sulfide) groups is 1. The highest BCUT2D eigenvalue weighted by atomic mass is 32.2. The van der Waals surface area contributed by atoms with E-state index >= 15 is 0 Å². The lowest BCUT2D eigenvalue weighted by Gasteiger charge is -2.13. The predicted octanol–water partition coefficient (Wildman–Crippen LogP) is 6.53. The van der Waals surface area contributed by atoms with Crippen molar-refractivity contribution in [3.05, 3.63) is 59.2 Å². The third-order valence-corrected chi connectivity index (χ3v) is 4.95. The van der Waals surface area contributed by atoms with Crippen molar-refractivity contribution >= 4 is 23.7 Å². The highest BCUT2D eigenvalue weighted by Crippen LogP contribution is 2.36. The summed E-state index contributed by atoms with van der Waals surface area (Å²) in [5.41, 5.74) is -3.55. The molecular formula is C20H15F6N3O2S. The van der Waals surface area contributed by atoms with Crippen LogP contribution in [-0.2, 0) is 12.4 Å². The number of amides is 1. The first-order valence-electron chi connectivity index (χ1n) is 9.04. The monoisotopic (exact) mass is 475 g/mol. The Morgan fingerprint density at radius 2 is 1.59 bits per heavy atom. The first-order chi connectivity index (χ1) is 14.8. The summed E-state index contributed by atoms with van der Waals surface area (Å²) in [6.07, 6.45) is -10.2. The first kappa shape index (κ1) is 23.6. The Labute approximate surface area is 182 Å². The van der Waals surface area contributed by atoms with Gasteiger partial charge in [-0.25, -0.2) is 0 Å². The largest absolute Gasteiger partial charge is 0.416 e. The van der Waals surface area contributed by atoms with E-state index in [2.05, 4.69) is 10.2 Å². The zero-order valence-electron chi connectivity index (χ0n) is 16.5. The maximum absolute atomic E-state index is 13.0. The lowest BCUT2D eigenvalue weighted by atomic mass is 10.0. The highest BCUT2D eigenvalue weighted by Gasteiger charge is 2.37. The van der Waals surface area contributed by atoms with Crippen molar-refractivity contribution in [3.8, 4) is 11.5 Å². The van der Waals surface area contributed by atoms with Gasteiger partial charge in [-0.3, -0.25) is 10.1 Å². The number of alkyl halides is 6. The summed E-state index contributed by atoms with van der Waals surface area (Å²) in [4.78, 5) is 13.2. The average molecular weight is 475 g/mol. The second kappa shape index (κ2) is 8.85. The van der Waals surface area contributed by atoms with Gasteiger partial charge >= 0.3 is 18.4 Å². The number of rotatable bonds is 5. The van der Waals surface area contributed by atoms with Gasteiger partial charge in [0.2, 0.25) is 5.89 Å². The van der Waals surface area contributed by atoms with Gasteiger partial charge in [-0.2, -0.15) is 26.3 Å². The van der Waals surface area contributed by atoms with Crippen molar-refractivity contribution in [1.82, 2.24) is 10.2 Å². The van der Waals surface area contributed by atoms with Crippen LogP contribution < -0.4 is 5.32 Å². The fourth-order valence-electron chi connectivity index (χ4n) is 2.62. The van der Waals surface area contributed by atoms with Crippen LogP contribution in [0.25, 0.3) is 11.5 Å². The van der Waals surface area contributed by atoms with E-state index < -0.39 is 41.0 Å². The van der Waals surface area contributed by atoms with Gasteiger partial charge in [0, 0.05) is 21.3 Å². The molecule has 1 heterocycles. The van der Waals surface area contributed by atoms with Crippen LogP contribution in [-0.4, -0.2) is 21.4 Å². The van der Waals surface area contributed by atoms with Crippen molar-refractivity contribution in [1.29, 1.82) is 0 Å². The molecule has 1 N–H and O–H groups in total. The Hall–Kier alpha value is -3.02. The van der Waals surface area contributed by atoms with Crippen molar-refractivity contribution in [3.63, 3.8) is 0 Å². The van der Waals surface area contributed by atoms with Gasteiger partial charge in [0.15, 0.2) is 0 Å². The summed E-state index contributed by atoms with van der Waals surface area (Å²) in [6.45, 7) is 4.02. The molecule has 3 aromatic rings. The summed E-state index contributed by atoms with van der Waals surface area (Å²) in [6, 6.07) is 7.16. The first-order valence-corrected chi connectivity index (χ1v) is 9.92. The van der Waals surface area contributed by atoms with Crippen LogP contribution in [0.15, 0.2) is 51.8 Å². The maximum atomic E-state index is 13.0. The van der Waals surface area contributed by atoms with E-state index in [1.807, 2.05) is 25.2 Å². The summed E-state index contributed by atoms with van der Waals surface area (Å²) in [7, 11) is 0. The molecule has 0 radical (unpaired) electrons. The van der Waals surface area contributed by atoms with Crippen molar-refractivity contribution < 1.29 is 35.6 Å². The number of benzene rings is 2. The van der Waals surface area contributed by atoms with Crippen LogP contribution in [0, 0.1) is 0 Å². The molecule has 170 valence electrons. The molecule has 0 aliphatic carbocycles. The van der Waals surface area contributed by atoms with E-state index in [0.29, 0.717) is 22.9 Å². The third-order valence-electron chi connectivity index (χ3n) is 3.95. The molecule has 0 saturated carbocycles. The lowest BCUT2D eigenvalue weighted by molar-refractivity contribution is -0.143. The second-order valence-corrected chi connectivity index (χ2v) is 8.51. The minimum absolute atomic E-state index is 0.0199. The quantitative estimate of drug-likeness (QED) is 0.336. The molecule has 0 aliphatic rings. The van der Waals surface area contributed by atoms with Crippen molar-refractivity contribution in [2.45, 2.75) is 36.3 Å². The van der Waals surface area contributed by atoms with Crippen LogP contribution in [0.4, 0.5) is 32.4 Å². The molecule has 0 unspecified atom stereocenters. The molecule has 32 heavy (non-hydrogen) atoms. The fourth-order valence-corrected chi connectivity index (χ4v) is 3.52. The third kappa shape index (κ3) is 5.81. The van der Waals surface area contributed by atoms with Crippen molar-refractivity contribution in [2.75, 3.05) is 5.32 Å². The summed E-state index contributed by atoms with van der Waals surface area (Å²) < 4.78 is 83.2. The Kier molecular flexibility index (Phi) is 6.54. The Morgan fingerprint density at radius 3 is 2.16 bits per heavy atom. The van der Waals surface area contributed by atoms with Crippen LogP contribution in [0.3, 0.4) is 0 Å². The van der Waals surface area contributed by atoms with Crippen molar-refractivity contribution in [2.24, 2.45) is 0 Å². The summed E-state index contributed by atoms with van der Waals surface area (Å²) in [5.74, 6) is -1.24. The molecular weight excluding hydrogens is 460 g/mol. The Bertz CT molecular complexity index is 1090. The van der Waals surface area contributed by atoms with E-state index in [-0.39, 0.29) is 12.0 Å². The number of nitrogens with one attached hydrogen (secondary N) is 1. The number of aromatic nitrogens is 2. The molecule has 2 aromatic carbocycles. The molecule has 0 spiro atoms. The zero-order valence-corrected chi connectivity index (χ0v) is 17.3. The lowest BCUT2D eigenvalue weighted by Crippen LogP contribution is -2.17. The number of hydrogen-bond acceptors (Lipinski definition) is 5. The van der Waals surface area contributed by atoms with E-state index in [1.165, 1.54) is 0 Å². The molecule has 12 heteroatoms. The van der Waals surface area contributed by atoms with Crippen LogP contribution in [0.2, 0.25) is 0 Å². The SMILES string of the molecule is CC(C)Sc1cccc(-c2nnc(NC(=O)c3cc(C(F)(F)F)cc(C(F)(F)F)c3)o2)c1. The van der Waals surface area contributed by atoms with Crippen LogP contribution >= 0.6 is 11.8 Å². The normalized spacial score (nSPS) is 12.3. The van der Waals surface area contributed by atoms with Crippen LogP contribution in [0.1, 0.15) is 35.3 Å². The molecule has 0 fully saturated rings. The van der Waals surface area contributed by atoms with E-state index in [4.69, 9.17) is 4.42 Å². The molecule has 0 saturated heterocycles. The number of halogens is 6. The van der Waals surface area contributed by atoms with E-state index in [1.54, 1.807) is 30.0 Å². The number of nitrogens with zero attached hydrogens (tertiary/aromatic N) is 2. The van der Waals surface area contributed by atoms with Gasteiger partial charge in [-0.05, 0) is 36.4 Å². The fraction of sp³-hybridized carbons (Fsp3) is 0.250. The van der Waals surface area contributed by atoms with Gasteiger partial charge in [0.1, 0.15) is 0 Å². The number of anilines is 1. The molecule has 1 amide bonds. The highest BCUT2D eigenvalue weighted by molar-refractivity contribution is 7.99. The minimum atomic E-state index is -5.08. The van der Waals surface area contributed by atoms with Gasteiger partial charge < -0.3 is 4.42 Å². The molecule has 5 nitrogen and oxygen atoms in total. The summed E-state index contributed by atoms with van der Waals surface area (Å²) >= 11 is 1.59. The van der Waals surface area contributed by atoms with Gasteiger partial charge in [-0.1, -0.05) is 25.0 Å².